The molecule has 1 heterocycles. The number of hydrogen-bond donors (Lipinski definition) is 1. The van der Waals surface area contributed by atoms with Crippen LogP contribution in [-0.2, 0) is 4.79 Å². The van der Waals surface area contributed by atoms with Crippen LogP contribution in [0.2, 0.25) is 0 Å². The van der Waals surface area contributed by atoms with Crippen molar-refractivity contribution in [1.29, 1.82) is 0 Å². The van der Waals surface area contributed by atoms with Crippen LogP contribution in [0.1, 0.15) is 31.7 Å². The number of aliphatic carboxylic acids is 1. The molecule has 1 fully saturated rings. The van der Waals surface area contributed by atoms with Crippen LogP contribution < -0.4 is 10.5 Å². The molecule has 0 amide bonds. The number of anilines is 1. The molecule has 0 unspecified atom stereocenters. The minimum Gasteiger partial charge on any atom is -0.481 e. The Kier molecular flexibility index (Phi) is 3.64. The van der Waals surface area contributed by atoms with Crippen LogP contribution in [0.4, 0.5) is 5.82 Å². The molecule has 1 aromatic rings. The Labute approximate surface area is 105 Å². The Morgan fingerprint density at radius 2 is 2.33 bits per heavy atom. The number of carbonyl (C=O) groups is 1. The highest BCUT2D eigenvalue weighted by atomic mass is 16.4. The number of carboxylic acids is 1. The van der Waals surface area contributed by atoms with Crippen molar-refractivity contribution in [3.8, 4) is 0 Å². The Balaban J connectivity index is 2.05. The summed E-state index contributed by atoms with van der Waals surface area (Å²) >= 11 is 0. The molecule has 0 bridgehead atoms. The van der Waals surface area contributed by atoms with E-state index in [-0.39, 0.29) is 12.0 Å². The molecule has 0 atom stereocenters. The maximum Gasteiger partial charge on any atom is 0.303 e. The van der Waals surface area contributed by atoms with Gasteiger partial charge in [-0.3, -0.25) is 9.59 Å². The SMILES string of the molecule is CN(CCCC(=O)O)c1nccn(C2CC2)c1=O. The third kappa shape index (κ3) is 2.88. The molecule has 2 rings (SSSR count). The number of rotatable bonds is 6. The van der Waals surface area contributed by atoms with Crippen LogP contribution in [0.25, 0.3) is 0 Å². The zero-order valence-electron chi connectivity index (χ0n) is 10.4. The van der Waals surface area contributed by atoms with Crippen molar-refractivity contribution in [1.82, 2.24) is 9.55 Å². The van der Waals surface area contributed by atoms with Crippen molar-refractivity contribution in [3.63, 3.8) is 0 Å². The van der Waals surface area contributed by atoms with Crippen LogP contribution in [0.5, 0.6) is 0 Å². The van der Waals surface area contributed by atoms with Crippen LogP contribution in [0, 0.1) is 0 Å². The van der Waals surface area contributed by atoms with Crippen LogP contribution in [0.15, 0.2) is 17.2 Å². The molecule has 1 aliphatic rings. The average molecular weight is 251 g/mol. The van der Waals surface area contributed by atoms with E-state index in [9.17, 15) is 9.59 Å². The highest BCUT2D eigenvalue weighted by Gasteiger charge is 2.25. The van der Waals surface area contributed by atoms with E-state index in [1.807, 2.05) is 0 Å². The fourth-order valence-electron chi connectivity index (χ4n) is 1.89. The van der Waals surface area contributed by atoms with Gasteiger partial charge >= 0.3 is 5.97 Å². The van der Waals surface area contributed by atoms with Crippen molar-refractivity contribution in [3.05, 3.63) is 22.7 Å². The molecule has 0 spiro atoms. The summed E-state index contributed by atoms with van der Waals surface area (Å²) in [6, 6.07) is 0.326. The third-order valence-electron chi connectivity index (χ3n) is 3.04. The van der Waals surface area contributed by atoms with Gasteiger partial charge in [0.25, 0.3) is 5.56 Å². The smallest absolute Gasteiger partial charge is 0.303 e. The Bertz CT molecular complexity index is 494. The number of aromatic nitrogens is 2. The van der Waals surface area contributed by atoms with Crippen molar-refractivity contribution < 1.29 is 9.90 Å². The van der Waals surface area contributed by atoms with Crippen LogP contribution in [0.3, 0.4) is 0 Å². The normalized spacial score (nSPS) is 14.5. The lowest BCUT2D eigenvalue weighted by atomic mass is 10.3. The second-order valence-corrected chi connectivity index (χ2v) is 4.61. The average Bonchev–Trinajstić information content (AvgIpc) is 3.12. The van der Waals surface area contributed by atoms with E-state index in [1.165, 1.54) is 0 Å². The number of carboxylic acid groups (broad SMARTS) is 1. The molecule has 1 aliphatic carbocycles. The molecule has 6 heteroatoms. The molecule has 1 aromatic heterocycles. The first-order valence-electron chi connectivity index (χ1n) is 6.09. The molecule has 0 saturated heterocycles. The molecule has 1 saturated carbocycles. The summed E-state index contributed by atoms with van der Waals surface area (Å²) in [4.78, 5) is 28.4. The van der Waals surface area contributed by atoms with Gasteiger partial charge in [-0.15, -0.1) is 0 Å². The second-order valence-electron chi connectivity index (χ2n) is 4.61. The standard InChI is InChI=1S/C12H17N3O3/c1-14(7-2-3-10(16)17)11-12(18)15(8-6-13-11)9-4-5-9/h6,8-9H,2-5,7H2,1H3,(H,16,17). The zero-order chi connectivity index (χ0) is 13.1. The van der Waals surface area contributed by atoms with Crippen LogP contribution >= 0.6 is 0 Å². The van der Waals surface area contributed by atoms with E-state index in [4.69, 9.17) is 5.11 Å². The van der Waals surface area contributed by atoms with Crippen molar-refractivity contribution in [2.24, 2.45) is 0 Å². The van der Waals surface area contributed by atoms with Gasteiger partial charge in [0.2, 0.25) is 0 Å². The van der Waals surface area contributed by atoms with Crippen molar-refractivity contribution in [2.45, 2.75) is 31.7 Å². The van der Waals surface area contributed by atoms with Gasteiger partial charge in [-0.05, 0) is 19.3 Å². The summed E-state index contributed by atoms with van der Waals surface area (Å²) in [7, 11) is 1.77. The first kappa shape index (κ1) is 12.6. The third-order valence-corrected chi connectivity index (χ3v) is 3.04. The minimum absolute atomic E-state index is 0.0853. The van der Waals surface area contributed by atoms with E-state index in [1.54, 1.807) is 28.9 Å². The number of hydrogen-bond acceptors (Lipinski definition) is 4. The second kappa shape index (κ2) is 5.20. The monoisotopic (exact) mass is 251 g/mol. The largest absolute Gasteiger partial charge is 0.481 e. The highest BCUT2D eigenvalue weighted by Crippen LogP contribution is 2.33. The van der Waals surface area contributed by atoms with E-state index < -0.39 is 5.97 Å². The summed E-state index contributed by atoms with van der Waals surface area (Å²) in [5, 5.41) is 8.58. The molecular formula is C12H17N3O3. The summed E-state index contributed by atoms with van der Waals surface area (Å²) in [6.07, 6.45) is 6.05. The van der Waals surface area contributed by atoms with E-state index in [0.717, 1.165) is 12.8 Å². The van der Waals surface area contributed by atoms with Gasteiger partial charge in [0, 0.05) is 38.4 Å². The maximum atomic E-state index is 12.1. The van der Waals surface area contributed by atoms with Crippen molar-refractivity contribution in [2.75, 3.05) is 18.5 Å². The molecule has 0 aliphatic heterocycles. The maximum absolute atomic E-state index is 12.1. The topological polar surface area (TPSA) is 75.4 Å². The zero-order valence-corrected chi connectivity index (χ0v) is 10.4. The first-order valence-corrected chi connectivity index (χ1v) is 6.09. The summed E-state index contributed by atoms with van der Waals surface area (Å²) < 4.78 is 1.72. The van der Waals surface area contributed by atoms with E-state index in [0.29, 0.717) is 24.8 Å². The van der Waals surface area contributed by atoms with Gasteiger partial charge in [-0.1, -0.05) is 0 Å². The Hall–Kier alpha value is -1.85. The first-order chi connectivity index (χ1) is 8.59. The van der Waals surface area contributed by atoms with Crippen molar-refractivity contribution >= 4 is 11.8 Å². The fourth-order valence-corrected chi connectivity index (χ4v) is 1.89. The Morgan fingerprint density at radius 1 is 1.61 bits per heavy atom. The van der Waals surface area contributed by atoms with E-state index >= 15 is 0 Å². The molecule has 6 nitrogen and oxygen atoms in total. The molecular weight excluding hydrogens is 234 g/mol. The Morgan fingerprint density at radius 3 is 2.94 bits per heavy atom. The van der Waals surface area contributed by atoms with Gasteiger partial charge < -0.3 is 14.6 Å². The predicted molar refractivity (Wildman–Crippen MR) is 66.9 cm³/mol. The lowest BCUT2D eigenvalue weighted by molar-refractivity contribution is -0.137. The lowest BCUT2D eigenvalue weighted by Gasteiger charge is -2.17. The van der Waals surface area contributed by atoms with Gasteiger partial charge in [-0.25, -0.2) is 4.98 Å². The lowest BCUT2D eigenvalue weighted by Crippen LogP contribution is -2.31. The summed E-state index contributed by atoms with van der Waals surface area (Å²) in [5.74, 6) is -0.422. The summed E-state index contributed by atoms with van der Waals surface area (Å²) in [5.41, 5.74) is -0.0853. The summed E-state index contributed by atoms with van der Waals surface area (Å²) in [6.45, 7) is 0.517. The quantitative estimate of drug-likeness (QED) is 0.812. The predicted octanol–water partition coefficient (Wildman–Crippen LogP) is 0.879. The molecule has 0 radical (unpaired) electrons. The van der Waals surface area contributed by atoms with Gasteiger partial charge in [0.15, 0.2) is 5.82 Å². The van der Waals surface area contributed by atoms with Gasteiger partial charge in [0.05, 0.1) is 0 Å². The molecule has 18 heavy (non-hydrogen) atoms. The van der Waals surface area contributed by atoms with E-state index in [2.05, 4.69) is 4.98 Å². The minimum atomic E-state index is -0.820. The molecule has 1 N–H and O–H groups in total. The van der Waals surface area contributed by atoms with Crippen LogP contribution in [-0.4, -0.2) is 34.2 Å². The fraction of sp³-hybridized carbons (Fsp3) is 0.583. The number of nitrogens with zero attached hydrogens (tertiary/aromatic N) is 3. The highest BCUT2D eigenvalue weighted by molar-refractivity contribution is 5.66. The molecule has 98 valence electrons. The van der Waals surface area contributed by atoms with Gasteiger partial charge in [-0.2, -0.15) is 0 Å². The van der Waals surface area contributed by atoms with Gasteiger partial charge in [0.1, 0.15) is 0 Å². The molecule has 0 aromatic carbocycles.